The van der Waals surface area contributed by atoms with Crippen LogP contribution in [0.25, 0.3) is 5.69 Å². The van der Waals surface area contributed by atoms with E-state index in [1.807, 2.05) is 0 Å². The van der Waals surface area contributed by atoms with Crippen molar-refractivity contribution in [1.29, 1.82) is 0 Å². The first-order chi connectivity index (χ1) is 9.58. The van der Waals surface area contributed by atoms with Crippen LogP contribution in [-0.4, -0.2) is 29.5 Å². The van der Waals surface area contributed by atoms with E-state index in [1.54, 1.807) is 38.3 Å². The summed E-state index contributed by atoms with van der Waals surface area (Å²) >= 11 is 6.02. The first-order valence-corrected chi connectivity index (χ1v) is 6.31. The molecule has 0 aliphatic heterocycles. The number of carbonyl (C=O) groups is 1. The van der Waals surface area contributed by atoms with E-state index in [9.17, 15) is 4.79 Å². The number of anilines is 1. The average molecular weight is 296 g/mol. The molecule has 0 amide bonds. The molecule has 7 heteroatoms. The van der Waals surface area contributed by atoms with Gasteiger partial charge in [0.25, 0.3) is 0 Å². The third-order valence-electron chi connectivity index (χ3n) is 2.65. The Morgan fingerprint density at radius 2 is 2.05 bits per heavy atom. The van der Waals surface area contributed by atoms with Crippen molar-refractivity contribution in [2.24, 2.45) is 0 Å². The Kier molecular flexibility index (Phi) is 4.14. The van der Waals surface area contributed by atoms with E-state index < -0.39 is 5.97 Å². The zero-order valence-electron chi connectivity index (χ0n) is 11.1. The van der Waals surface area contributed by atoms with E-state index in [1.165, 1.54) is 4.68 Å². The summed E-state index contributed by atoms with van der Waals surface area (Å²) in [5.41, 5.74) is 6.54. The van der Waals surface area contributed by atoms with Gasteiger partial charge in [-0.05, 0) is 31.2 Å². The number of halogens is 1. The number of hydrogen-bond acceptors (Lipinski definition) is 5. The summed E-state index contributed by atoms with van der Waals surface area (Å²) in [6.07, 6.45) is 0. The molecule has 0 bridgehead atoms. The van der Waals surface area contributed by atoms with Gasteiger partial charge in [0.15, 0.2) is 5.69 Å². The maximum Gasteiger partial charge on any atom is 0.360 e. The molecule has 2 rings (SSSR count). The fourth-order valence-corrected chi connectivity index (χ4v) is 1.86. The number of nitrogens with two attached hydrogens (primary N) is 1. The molecule has 2 N–H and O–H groups in total. The molecule has 0 aliphatic carbocycles. The van der Waals surface area contributed by atoms with Crippen LogP contribution in [0, 0.1) is 0 Å². The smallest absolute Gasteiger partial charge is 0.360 e. The molecule has 1 heterocycles. The fourth-order valence-electron chi connectivity index (χ4n) is 1.66. The molecule has 0 atom stereocenters. The second-order valence-electron chi connectivity index (χ2n) is 3.88. The van der Waals surface area contributed by atoms with Crippen molar-refractivity contribution in [3.05, 3.63) is 35.0 Å². The van der Waals surface area contributed by atoms with Crippen molar-refractivity contribution in [2.75, 3.05) is 19.5 Å². The molecule has 0 radical (unpaired) electrons. The Labute approximate surface area is 121 Å². The summed E-state index contributed by atoms with van der Waals surface area (Å²) in [6, 6.07) is 7.03. The molecule has 0 unspecified atom stereocenters. The highest BCUT2D eigenvalue weighted by Gasteiger charge is 2.21. The molecule has 2 aromatic rings. The number of esters is 1. The van der Waals surface area contributed by atoms with Gasteiger partial charge in [0, 0.05) is 0 Å². The van der Waals surface area contributed by atoms with E-state index in [2.05, 4.69) is 5.10 Å². The van der Waals surface area contributed by atoms with Crippen molar-refractivity contribution in [3.8, 4) is 11.4 Å². The number of ether oxygens (including phenoxy) is 2. The number of hydrogen-bond donors (Lipinski definition) is 1. The second kappa shape index (κ2) is 5.83. The minimum absolute atomic E-state index is 0.00170. The largest absolute Gasteiger partial charge is 0.497 e. The second-order valence-corrected chi connectivity index (χ2v) is 4.26. The van der Waals surface area contributed by atoms with Crippen LogP contribution in [0.5, 0.6) is 5.75 Å². The molecule has 1 aromatic carbocycles. The molecular weight excluding hydrogens is 282 g/mol. The first-order valence-electron chi connectivity index (χ1n) is 5.94. The number of rotatable bonds is 4. The molecule has 6 nitrogen and oxygen atoms in total. The van der Waals surface area contributed by atoms with E-state index in [0.717, 1.165) is 0 Å². The van der Waals surface area contributed by atoms with Gasteiger partial charge in [-0.2, -0.15) is 5.10 Å². The Morgan fingerprint density at radius 1 is 1.40 bits per heavy atom. The standard InChI is InChI=1S/C13H14ClN3O3/c1-3-20-13(18)11-10(14)12(15)17(16-11)8-4-6-9(19-2)7-5-8/h4-7H,3,15H2,1-2H3. The highest BCUT2D eigenvalue weighted by molar-refractivity contribution is 6.35. The third kappa shape index (κ3) is 2.55. The van der Waals surface area contributed by atoms with Crippen molar-refractivity contribution >= 4 is 23.4 Å². The van der Waals surface area contributed by atoms with E-state index in [4.69, 9.17) is 26.8 Å². The molecule has 1 aromatic heterocycles. The first kappa shape index (κ1) is 14.2. The Morgan fingerprint density at radius 3 is 2.60 bits per heavy atom. The van der Waals surface area contributed by atoms with Gasteiger partial charge in [-0.15, -0.1) is 0 Å². The van der Waals surface area contributed by atoms with Gasteiger partial charge in [0.05, 0.1) is 19.4 Å². The van der Waals surface area contributed by atoms with Crippen LogP contribution in [-0.2, 0) is 4.74 Å². The highest BCUT2D eigenvalue weighted by atomic mass is 35.5. The van der Waals surface area contributed by atoms with Crippen LogP contribution >= 0.6 is 11.6 Å². The number of nitrogen functional groups attached to an aromatic ring is 1. The molecule has 0 aliphatic rings. The van der Waals surface area contributed by atoms with Gasteiger partial charge >= 0.3 is 5.97 Å². The summed E-state index contributed by atoms with van der Waals surface area (Å²) in [7, 11) is 1.58. The Balaban J connectivity index is 2.41. The van der Waals surface area contributed by atoms with Crippen LogP contribution < -0.4 is 10.5 Å². The molecule has 20 heavy (non-hydrogen) atoms. The van der Waals surface area contributed by atoms with Crippen LogP contribution in [0.4, 0.5) is 5.82 Å². The molecular formula is C13H14ClN3O3. The summed E-state index contributed by atoms with van der Waals surface area (Å²) in [6.45, 7) is 1.94. The number of methoxy groups -OCH3 is 1. The summed E-state index contributed by atoms with van der Waals surface area (Å²) in [4.78, 5) is 11.7. The van der Waals surface area contributed by atoms with Crippen LogP contribution in [0.3, 0.4) is 0 Å². The third-order valence-corrected chi connectivity index (χ3v) is 3.02. The lowest BCUT2D eigenvalue weighted by atomic mass is 10.3. The van der Waals surface area contributed by atoms with Gasteiger partial charge in [-0.25, -0.2) is 9.48 Å². The lowest BCUT2D eigenvalue weighted by molar-refractivity contribution is 0.0519. The van der Waals surface area contributed by atoms with E-state index in [0.29, 0.717) is 11.4 Å². The van der Waals surface area contributed by atoms with Crippen molar-refractivity contribution in [3.63, 3.8) is 0 Å². The predicted molar refractivity (Wildman–Crippen MR) is 75.5 cm³/mol. The molecule has 0 fully saturated rings. The van der Waals surface area contributed by atoms with E-state index >= 15 is 0 Å². The molecule has 106 valence electrons. The normalized spacial score (nSPS) is 10.3. The van der Waals surface area contributed by atoms with Gasteiger partial charge in [0.1, 0.15) is 16.6 Å². The quantitative estimate of drug-likeness (QED) is 0.876. The minimum Gasteiger partial charge on any atom is -0.497 e. The van der Waals surface area contributed by atoms with Gasteiger partial charge in [-0.3, -0.25) is 0 Å². The minimum atomic E-state index is -0.600. The monoisotopic (exact) mass is 295 g/mol. The Hall–Kier alpha value is -2.21. The summed E-state index contributed by atoms with van der Waals surface area (Å²) < 4.78 is 11.3. The van der Waals surface area contributed by atoms with Crippen molar-refractivity contribution in [1.82, 2.24) is 9.78 Å². The lowest BCUT2D eigenvalue weighted by Crippen LogP contribution is -2.07. The van der Waals surface area contributed by atoms with Crippen LogP contribution in [0.2, 0.25) is 5.02 Å². The number of carbonyl (C=O) groups excluding carboxylic acids is 1. The van der Waals surface area contributed by atoms with E-state index in [-0.39, 0.29) is 23.1 Å². The number of benzene rings is 1. The maximum absolute atomic E-state index is 11.7. The topological polar surface area (TPSA) is 79.4 Å². The van der Waals surface area contributed by atoms with Gasteiger partial charge in [-0.1, -0.05) is 11.6 Å². The zero-order chi connectivity index (χ0) is 14.7. The predicted octanol–water partition coefficient (Wildman–Crippen LogP) is 2.29. The lowest BCUT2D eigenvalue weighted by Gasteiger charge is -2.05. The zero-order valence-corrected chi connectivity index (χ0v) is 11.8. The fraction of sp³-hybridized carbons (Fsp3) is 0.231. The Bertz CT molecular complexity index is 623. The van der Waals surface area contributed by atoms with Gasteiger partial charge in [0.2, 0.25) is 0 Å². The van der Waals surface area contributed by atoms with Crippen molar-refractivity contribution < 1.29 is 14.3 Å². The van der Waals surface area contributed by atoms with Crippen LogP contribution in [0.15, 0.2) is 24.3 Å². The maximum atomic E-state index is 11.7. The molecule has 0 saturated carbocycles. The summed E-state index contributed by atoms with van der Waals surface area (Å²) in [5.74, 6) is 0.285. The highest BCUT2D eigenvalue weighted by Crippen LogP contribution is 2.27. The number of nitrogens with zero attached hydrogens (tertiary/aromatic N) is 2. The van der Waals surface area contributed by atoms with Crippen LogP contribution in [0.1, 0.15) is 17.4 Å². The van der Waals surface area contributed by atoms with Crippen molar-refractivity contribution in [2.45, 2.75) is 6.92 Å². The molecule has 0 spiro atoms. The molecule has 0 saturated heterocycles. The van der Waals surface area contributed by atoms with Gasteiger partial charge < -0.3 is 15.2 Å². The summed E-state index contributed by atoms with van der Waals surface area (Å²) in [5, 5.41) is 4.18. The number of aromatic nitrogens is 2. The SMILES string of the molecule is CCOC(=O)c1nn(-c2ccc(OC)cc2)c(N)c1Cl. The average Bonchev–Trinajstić information content (AvgIpc) is 2.76.